The molecule has 0 fully saturated rings. The maximum atomic E-state index is 3.64. The van der Waals surface area contributed by atoms with Gasteiger partial charge in [0.15, 0.2) is 0 Å². The number of unbranched alkanes of at least 4 members (excludes halogenated alkanes) is 2. The van der Waals surface area contributed by atoms with E-state index in [0.717, 1.165) is 6.04 Å². The summed E-state index contributed by atoms with van der Waals surface area (Å²) in [5.74, 6) is 1.33. The van der Waals surface area contributed by atoms with Crippen molar-refractivity contribution in [3.05, 3.63) is 0 Å². The van der Waals surface area contributed by atoms with Gasteiger partial charge in [0.1, 0.15) is 0 Å². The Labute approximate surface area is 94.4 Å². The lowest BCUT2D eigenvalue weighted by Crippen LogP contribution is -2.29. The van der Waals surface area contributed by atoms with Crippen molar-refractivity contribution < 1.29 is 0 Å². The van der Waals surface area contributed by atoms with Gasteiger partial charge in [-0.1, -0.05) is 26.7 Å². The van der Waals surface area contributed by atoms with Crippen molar-refractivity contribution in [1.82, 2.24) is 5.32 Å². The molecule has 86 valence electrons. The van der Waals surface area contributed by atoms with E-state index in [9.17, 15) is 0 Å². The van der Waals surface area contributed by atoms with Gasteiger partial charge in [0, 0.05) is 6.04 Å². The standard InChI is InChI=1S/C12H27NS/c1-4-9-12(5-2)13-10-7-6-8-11-14-3/h12-13H,4-11H2,1-3H3. The maximum absolute atomic E-state index is 3.64. The second kappa shape index (κ2) is 11.4. The Balaban J connectivity index is 3.15. The van der Waals surface area contributed by atoms with Gasteiger partial charge in [-0.15, -0.1) is 0 Å². The third-order valence-electron chi connectivity index (χ3n) is 2.59. The molecule has 0 aromatic carbocycles. The van der Waals surface area contributed by atoms with Crippen molar-refractivity contribution >= 4 is 11.8 Å². The first-order chi connectivity index (χ1) is 6.85. The molecule has 0 radical (unpaired) electrons. The van der Waals surface area contributed by atoms with E-state index >= 15 is 0 Å². The lowest BCUT2D eigenvalue weighted by molar-refractivity contribution is 0.454. The average Bonchev–Trinajstić information content (AvgIpc) is 2.21. The summed E-state index contributed by atoms with van der Waals surface area (Å²) in [5, 5.41) is 3.64. The molecule has 1 atom stereocenters. The highest BCUT2D eigenvalue weighted by molar-refractivity contribution is 7.98. The van der Waals surface area contributed by atoms with Crippen LogP contribution in [-0.2, 0) is 0 Å². The molecule has 1 unspecified atom stereocenters. The fourth-order valence-electron chi connectivity index (χ4n) is 1.65. The highest BCUT2D eigenvalue weighted by Crippen LogP contribution is 2.03. The van der Waals surface area contributed by atoms with Gasteiger partial charge >= 0.3 is 0 Å². The van der Waals surface area contributed by atoms with Crippen molar-refractivity contribution in [2.24, 2.45) is 0 Å². The Morgan fingerprint density at radius 3 is 2.50 bits per heavy atom. The van der Waals surface area contributed by atoms with Crippen molar-refractivity contribution in [2.75, 3.05) is 18.6 Å². The minimum absolute atomic E-state index is 0.764. The van der Waals surface area contributed by atoms with Gasteiger partial charge in [-0.05, 0) is 44.2 Å². The van der Waals surface area contributed by atoms with Gasteiger partial charge in [-0.25, -0.2) is 0 Å². The van der Waals surface area contributed by atoms with Crippen LogP contribution in [0.15, 0.2) is 0 Å². The molecule has 2 heteroatoms. The first-order valence-corrected chi connectivity index (χ1v) is 7.46. The summed E-state index contributed by atoms with van der Waals surface area (Å²) >= 11 is 1.96. The summed E-state index contributed by atoms with van der Waals surface area (Å²) in [7, 11) is 0. The first kappa shape index (κ1) is 14.3. The van der Waals surface area contributed by atoms with Crippen LogP contribution in [0.5, 0.6) is 0 Å². The highest BCUT2D eigenvalue weighted by Gasteiger charge is 2.02. The third-order valence-corrected chi connectivity index (χ3v) is 3.29. The Morgan fingerprint density at radius 1 is 1.14 bits per heavy atom. The van der Waals surface area contributed by atoms with Crippen LogP contribution in [0.25, 0.3) is 0 Å². The van der Waals surface area contributed by atoms with E-state index < -0.39 is 0 Å². The number of rotatable bonds is 10. The van der Waals surface area contributed by atoms with Crippen molar-refractivity contribution in [3.8, 4) is 0 Å². The van der Waals surface area contributed by atoms with Gasteiger partial charge in [0.05, 0.1) is 0 Å². The normalized spacial score (nSPS) is 13.1. The van der Waals surface area contributed by atoms with Gasteiger partial charge in [-0.3, -0.25) is 0 Å². The van der Waals surface area contributed by atoms with E-state index in [4.69, 9.17) is 0 Å². The zero-order valence-electron chi connectivity index (χ0n) is 10.1. The predicted octanol–water partition coefficient (Wildman–Crippen LogP) is 3.69. The molecule has 0 aliphatic carbocycles. The SMILES string of the molecule is CCCC(CC)NCCCCCSC. The van der Waals surface area contributed by atoms with E-state index in [-0.39, 0.29) is 0 Å². The molecule has 0 spiro atoms. The molecule has 0 amide bonds. The van der Waals surface area contributed by atoms with Crippen LogP contribution < -0.4 is 5.32 Å². The maximum Gasteiger partial charge on any atom is 0.00643 e. The van der Waals surface area contributed by atoms with Crippen LogP contribution in [0, 0.1) is 0 Å². The van der Waals surface area contributed by atoms with Crippen LogP contribution >= 0.6 is 11.8 Å². The number of thioether (sulfide) groups is 1. The molecule has 1 nitrogen and oxygen atoms in total. The summed E-state index contributed by atoms with van der Waals surface area (Å²) in [4.78, 5) is 0. The van der Waals surface area contributed by atoms with Gasteiger partial charge in [-0.2, -0.15) is 11.8 Å². The third kappa shape index (κ3) is 8.89. The molecule has 0 aliphatic rings. The van der Waals surface area contributed by atoms with E-state index in [2.05, 4.69) is 25.4 Å². The molecule has 0 aromatic heterocycles. The molecule has 0 rings (SSSR count). The Bertz CT molecular complexity index is 106. The van der Waals surface area contributed by atoms with E-state index in [1.165, 1.54) is 50.8 Å². The molecule has 0 aliphatic heterocycles. The van der Waals surface area contributed by atoms with Crippen molar-refractivity contribution in [2.45, 2.75) is 58.4 Å². The number of nitrogens with one attached hydrogen (secondary N) is 1. The average molecular weight is 217 g/mol. The second-order valence-electron chi connectivity index (χ2n) is 3.90. The van der Waals surface area contributed by atoms with Crippen LogP contribution in [0.3, 0.4) is 0 Å². The molecular formula is C12H27NS. The van der Waals surface area contributed by atoms with Gasteiger partial charge in [0.2, 0.25) is 0 Å². The quantitative estimate of drug-likeness (QED) is 0.560. The van der Waals surface area contributed by atoms with E-state index in [1.807, 2.05) is 11.8 Å². The zero-order chi connectivity index (χ0) is 10.6. The molecule has 0 saturated carbocycles. The van der Waals surface area contributed by atoms with Crippen LogP contribution in [0.1, 0.15) is 52.4 Å². The largest absolute Gasteiger partial charge is 0.314 e. The zero-order valence-corrected chi connectivity index (χ0v) is 11.0. The highest BCUT2D eigenvalue weighted by atomic mass is 32.2. The molecule has 0 bridgehead atoms. The monoisotopic (exact) mass is 217 g/mol. The van der Waals surface area contributed by atoms with E-state index in [0.29, 0.717) is 0 Å². The van der Waals surface area contributed by atoms with Crippen LogP contribution in [0.4, 0.5) is 0 Å². The first-order valence-electron chi connectivity index (χ1n) is 6.07. The summed E-state index contributed by atoms with van der Waals surface area (Å²) in [5.41, 5.74) is 0. The van der Waals surface area contributed by atoms with Crippen molar-refractivity contribution in [3.63, 3.8) is 0 Å². The predicted molar refractivity (Wildman–Crippen MR) is 69.2 cm³/mol. The fraction of sp³-hybridized carbons (Fsp3) is 1.00. The minimum atomic E-state index is 0.764. The van der Waals surface area contributed by atoms with Crippen LogP contribution in [0.2, 0.25) is 0 Å². The Hall–Kier alpha value is 0.310. The molecule has 0 saturated heterocycles. The summed E-state index contributed by atoms with van der Waals surface area (Å²) in [6.45, 7) is 5.76. The molecule has 0 aromatic rings. The molecule has 1 N–H and O–H groups in total. The lowest BCUT2D eigenvalue weighted by Gasteiger charge is -2.15. The number of hydrogen-bond donors (Lipinski definition) is 1. The van der Waals surface area contributed by atoms with Gasteiger partial charge < -0.3 is 5.32 Å². The van der Waals surface area contributed by atoms with E-state index in [1.54, 1.807) is 0 Å². The summed E-state index contributed by atoms with van der Waals surface area (Å²) < 4.78 is 0. The van der Waals surface area contributed by atoms with Gasteiger partial charge in [0.25, 0.3) is 0 Å². The minimum Gasteiger partial charge on any atom is -0.314 e. The lowest BCUT2D eigenvalue weighted by atomic mass is 10.1. The molecule has 14 heavy (non-hydrogen) atoms. The Morgan fingerprint density at radius 2 is 1.93 bits per heavy atom. The van der Waals surface area contributed by atoms with Crippen molar-refractivity contribution in [1.29, 1.82) is 0 Å². The summed E-state index contributed by atoms with van der Waals surface area (Å²) in [6.07, 6.45) is 10.2. The molecular weight excluding hydrogens is 190 g/mol. The summed E-state index contributed by atoms with van der Waals surface area (Å²) in [6, 6.07) is 0.764. The second-order valence-corrected chi connectivity index (χ2v) is 4.89. The van der Waals surface area contributed by atoms with Crippen LogP contribution in [-0.4, -0.2) is 24.6 Å². The Kier molecular flexibility index (Phi) is 11.6. The topological polar surface area (TPSA) is 12.0 Å². The molecule has 0 heterocycles. The number of hydrogen-bond acceptors (Lipinski definition) is 2. The smallest absolute Gasteiger partial charge is 0.00643 e. The fourth-order valence-corrected chi connectivity index (χ4v) is 2.15.